The number of halogens is 2. The van der Waals surface area contributed by atoms with Crippen LogP contribution in [0.4, 0.5) is 8.78 Å². The minimum atomic E-state index is -0.774. The number of benzene rings is 3. The van der Waals surface area contributed by atoms with Gasteiger partial charge in [-0.05, 0) is 53.8 Å². The lowest BCUT2D eigenvalue weighted by Gasteiger charge is -2.38. The first-order valence-electron chi connectivity index (χ1n) is 10.7. The maximum Gasteiger partial charge on any atom is 0.123 e. The SMILES string of the molecule is OC1(c2ccccc2)CCN(CCOC(c2ccc(F)cc2)c2ccc(F)cc2)CC1. The van der Waals surface area contributed by atoms with Crippen LogP contribution in [-0.4, -0.2) is 36.2 Å². The zero-order chi connectivity index (χ0) is 21.7. The van der Waals surface area contributed by atoms with Gasteiger partial charge in [-0.1, -0.05) is 54.6 Å². The van der Waals surface area contributed by atoms with Crippen molar-refractivity contribution in [3.63, 3.8) is 0 Å². The van der Waals surface area contributed by atoms with Crippen LogP contribution in [0.1, 0.15) is 35.6 Å². The van der Waals surface area contributed by atoms with Crippen LogP contribution < -0.4 is 0 Å². The molecule has 1 N–H and O–H groups in total. The van der Waals surface area contributed by atoms with E-state index >= 15 is 0 Å². The van der Waals surface area contributed by atoms with Crippen LogP contribution in [0.3, 0.4) is 0 Å². The van der Waals surface area contributed by atoms with Crippen LogP contribution in [0.2, 0.25) is 0 Å². The number of likely N-dealkylation sites (tertiary alicyclic amines) is 1. The van der Waals surface area contributed by atoms with Crippen LogP contribution in [0.15, 0.2) is 78.9 Å². The summed E-state index contributed by atoms with van der Waals surface area (Å²) in [5.41, 5.74) is 1.84. The third kappa shape index (κ3) is 5.37. The van der Waals surface area contributed by atoms with E-state index in [1.54, 1.807) is 24.3 Å². The predicted molar refractivity (Wildman–Crippen MR) is 117 cm³/mol. The Morgan fingerprint density at radius 3 is 1.84 bits per heavy atom. The minimum Gasteiger partial charge on any atom is -0.385 e. The second-order valence-corrected chi connectivity index (χ2v) is 8.09. The van der Waals surface area contributed by atoms with Crippen molar-refractivity contribution in [2.45, 2.75) is 24.5 Å². The van der Waals surface area contributed by atoms with Crippen molar-refractivity contribution in [1.82, 2.24) is 4.90 Å². The highest BCUT2D eigenvalue weighted by molar-refractivity contribution is 5.30. The van der Waals surface area contributed by atoms with E-state index in [9.17, 15) is 13.9 Å². The first-order chi connectivity index (χ1) is 15.0. The van der Waals surface area contributed by atoms with Crippen molar-refractivity contribution in [3.8, 4) is 0 Å². The highest BCUT2D eigenvalue weighted by Gasteiger charge is 2.33. The second-order valence-electron chi connectivity index (χ2n) is 8.09. The molecule has 5 heteroatoms. The molecule has 1 heterocycles. The van der Waals surface area contributed by atoms with Gasteiger partial charge < -0.3 is 14.7 Å². The summed E-state index contributed by atoms with van der Waals surface area (Å²) in [4.78, 5) is 2.28. The molecule has 0 unspecified atom stereocenters. The normalized spacial score (nSPS) is 16.5. The van der Waals surface area contributed by atoms with Gasteiger partial charge in [-0.2, -0.15) is 0 Å². The van der Waals surface area contributed by atoms with Gasteiger partial charge in [-0.25, -0.2) is 8.78 Å². The first kappa shape index (κ1) is 21.6. The Bertz CT molecular complexity index is 907. The smallest absolute Gasteiger partial charge is 0.123 e. The molecule has 0 saturated carbocycles. The number of hydrogen-bond donors (Lipinski definition) is 1. The molecule has 0 radical (unpaired) electrons. The first-order valence-corrected chi connectivity index (χ1v) is 10.7. The summed E-state index contributed by atoms with van der Waals surface area (Å²) in [5.74, 6) is -0.610. The quantitative estimate of drug-likeness (QED) is 0.577. The molecule has 0 aromatic heterocycles. The molecule has 0 bridgehead atoms. The zero-order valence-corrected chi connectivity index (χ0v) is 17.4. The van der Waals surface area contributed by atoms with E-state index in [1.165, 1.54) is 24.3 Å². The van der Waals surface area contributed by atoms with Crippen LogP contribution in [0.25, 0.3) is 0 Å². The van der Waals surface area contributed by atoms with Gasteiger partial charge in [0.15, 0.2) is 0 Å². The fourth-order valence-electron chi connectivity index (χ4n) is 4.14. The number of piperidine rings is 1. The van der Waals surface area contributed by atoms with Gasteiger partial charge in [0.25, 0.3) is 0 Å². The van der Waals surface area contributed by atoms with E-state index in [4.69, 9.17) is 4.74 Å². The molecule has 3 aromatic carbocycles. The molecule has 162 valence electrons. The molecular formula is C26H27F2NO2. The minimum absolute atomic E-state index is 0.305. The molecule has 0 spiro atoms. The molecule has 1 saturated heterocycles. The van der Waals surface area contributed by atoms with Crippen molar-refractivity contribution >= 4 is 0 Å². The van der Waals surface area contributed by atoms with Crippen molar-refractivity contribution in [1.29, 1.82) is 0 Å². The van der Waals surface area contributed by atoms with E-state index in [1.807, 2.05) is 30.3 Å². The lowest BCUT2D eigenvalue weighted by atomic mass is 9.84. The van der Waals surface area contributed by atoms with Crippen molar-refractivity contribution in [3.05, 3.63) is 107 Å². The molecule has 1 aliphatic rings. The monoisotopic (exact) mass is 423 g/mol. The molecule has 3 nitrogen and oxygen atoms in total. The van der Waals surface area contributed by atoms with Gasteiger partial charge in [0.2, 0.25) is 0 Å². The molecule has 0 atom stereocenters. The van der Waals surface area contributed by atoms with Crippen molar-refractivity contribution in [2.24, 2.45) is 0 Å². The number of rotatable bonds is 7. The fourth-order valence-corrected chi connectivity index (χ4v) is 4.14. The lowest BCUT2D eigenvalue weighted by molar-refractivity contribution is -0.0339. The van der Waals surface area contributed by atoms with E-state index in [0.717, 1.165) is 36.3 Å². The van der Waals surface area contributed by atoms with Gasteiger partial charge >= 0.3 is 0 Å². The number of ether oxygens (including phenoxy) is 1. The van der Waals surface area contributed by atoms with E-state index in [0.29, 0.717) is 19.4 Å². The molecule has 0 amide bonds. The maximum atomic E-state index is 13.4. The van der Waals surface area contributed by atoms with Gasteiger partial charge in [0, 0.05) is 19.6 Å². The van der Waals surface area contributed by atoms with Gasteiger partial charge in [-0.15, -0.1) is 0 Å². The average molecular weight is 424 g/mol. The van der Waals surface area contributed by atoms with Crippen molar-refractivity contribution in [2.75, 3.05) is 26.2 Å². The third-order valence-electron chi connectivity index (χ3n) is 6.03. The van der Waals surface area contributed by atoms with E-state index in [-0.39, 0.29) is 11.6 Å². The van der Waals surface area contributed by atoms with Crippen LogP contribution in [-0.2, 0) is 10.3 Å². The van der Waals surface area contributed by atoms with Gasteiger partial charge in [0.1, 0.15) is 17.7 Å². The summed E-state index contributed by atoms with van der Waals surface area (Å²) in [6, 6.07) is 22.3. The Morgan fingerprint density at radius 1 is 0.806 bits per heavy atom. The Hall–Kier alpha value is -2.60. The summed E-state index contributed by atoms with van der Waals surface area (Å²) < 4.78 is 32.9. The number of hydrogen-bond acceptors (Lipinski definition) is 3. The predicted octanol–water partition coefficient (Wildman–Crippen LogP) is 5.05. The maximum absolute atomic E-state index is 13.4. The average Bonchev–Trinajstić information content (AvgIpc) is 2.80. The molecule has 3 aromatic rings. The summed E-state index contributed by atoms with van der Waals surface area (Å²) in [6.45, 7) is 2.77. The second kappa shape index (κ2) is 9.69. The Morgan fingerprint density at radius 2 is 1.32 bits per heavy atom. The van der Waals surface area contributed by atoms with Gasteiger partial charge in [0.05, 0.1) is 12.2 Å². The van der Waals surface area contributed by atoms with E-state index < -0.39 is 11.7 Å². The van der Waals surface area contributed by atoms with Crippen molar-refractivity contribution < 1.29 is 18.6 Å². The molecule has 0 aliphatic carbocycles. The Labute approximate surface area is 181 Å². The summed E-state index contributed by atoms with van der Waals surface area (Å²) in [5, 5.41) is 11.0. The summed E-state index contributed by atoms with van der Waals surface area (Å²) in [6.07, 6.45) is 0.958. The van der Waals surface area contributed by atoms with Crippen LogP contribution in [0.5, 0.6) is 0 Å². The Balaban J connectivity index is 1.36. The molecule has 1 fully saturated rings. The van der Waals surface area contributed by atoms with Crippen LogP contribution in [0, 0.1) is 11.6 Å². The summed E-state index contributed by atoms with van der Waals surface area (Å²) in [7, 11) is 0. The number of aliphatic hydroxyl groups is 1. The Kier molecular flexibility index (Phi) is 6.76. The lowest BCUT2D eigenvalue weighted by Crippen LogP contribution is -2.43. The molecular weight excluding hydrogens is 396 g/mol. The number of nitrogens with zero attached hydrogens (tertiary/aromatic N) is 1. The summed E-state index contributed by atoms with van der Waals surface area (Å²) >= 11 is 0. The molecule has 4 rings (SSSR count). The third-order valence-corrected chi connectivity index (χ3v) is 6.03. The molecule has 1 aliphatic heterocycles. The zero-order valence-electron chi connectivity index (χ0n) is 17.4. The standard InChI is InChI=1S/C26H27F2NO2/c27-23-10-6-20(7-11-23)25(21-8-12-24(28)13-9-21)31-19-18-29-16-14-26(30,15-17-29)22-4-2-1-3-5-22/h1-13,25,30H,14-19H2. The van der Waals surface area contributed by atoms with E-state index in [2.05, 4.69) is 4.90 Å². The fraction of sp³-hybridized carbons (Fsp3) is 0.308. The topological polar surface area (TPSA) is 32.7 Å². The highest BCUT2D eigenvalue weighted by Crippen LogP contribution is 2.33. The molecule has 31 heavy (non-hydrogen) atoms. The largest absolute Gasteiger partial charge is 0.385 e. The van der Waals surface area contributed by atoms with Gasteiger partial charge in [-0.3, -0.25) is 0 Å². The van der Waals surface area contributed by atoms with Crippen LogP contribution >= 0.6 is 0 Å². The highest BCUT2D eigenvalue weighted by atomic mass is 19.1.